The van der Waals surface area contributed by atoms with Crippen LogP contribution in [0.1, 0.15) is 10.5 Å². The van der Waals surface area contributed by atoms with Crippen LogP contribution >= 0.6 is 11.6 Å². The lowest BCUT2D eigenvalue weighted by molar-refractivity contribution is -0.0487. The zero-order valence-electron chi connectivity index (χ0n) is 7.84. The maximum absolute atomic E-state index is 12.1. The number of benzene rings is 1. The van der Waals surface area contributed by atoms with Crippen molar-refractivity contribution in [3.8, 4) is 5.75 Å². The molecule has 0 atom stereocenters. The molecule has 2 rings (SSSR count). The summed E-state index contributed by atoms with van der Waals surface area (Å²) in [4.78, 5) is 13.6. The van der Waals surface area contributed by atoms with Crippen molar-refractivity contribution in [1.82, 2.24) is 4.98 Å². The van der Waals surface area contributed by atoms with E-state index in [1.165, 1.54) is 12.1 Å². The molecular formula is C10H6ClF2NO2. The summed E-state index contributed by atoms with van der Waals surface area (Å²) in [6.07, 6.45) is 0. The molecule has 1 aromatic carbocycles. The van der Waals surface area contributed by atoms with Gasteiger partial charge < -0.3 is 9.72 Å². The van der Waals surface area contributed by atoms with Crippen LogP contribution in [0, 0.1) is 0 Å². The van der Waals surface area contributed by atoms with Crippen LogP contribution in [0.4, 0.5) is 8.78 Å². The molecule has 0 aliphatic rings. The molecule has 0 fully saturated rings. The molecular weight excluding hydrogens is 240 g/mol. The highest BCUT2D eigenvalue weighted by Gasteiger charge is 2.12. The van der Waals surface area contributed by atoms with Gasteiger partial charge in [-0.1, -0.05) is 6.07 Å². The lowest BCUT2D eigenvalue weighted by Gasteiger charge is -2.04. The van der Waals surface area contributed by atoms with Gasteiger partial charge in [-0.25, -0.2) is 0 Å². The summed E-state index contributed by atoms with van der Waals surface area (Å²) in [5, 5.41) is -0.286. The summed E-state index contributed by atoms with van der Waals surface area (Å²) in [5.41, 5.74) is 0.657. The Balaban J connectivity index is 2.54. The maximum Gasteiger partial charge on any atom is 0.387 e. The topological polar surface area (TPSA) is 42.1 Å². The molecule has 0 aliphatic carbocycles. The van der Waals surface area contributed by atoms with E-state index in [2.05, 4.69) is 9.72 Å². The van der Waals surface area contributed by atoms with Crippen molar-refractivity contribution in [2.24, 2.45) is 0 Å². The Morgan fingerprint density at radius 1 is 1.44 bits per heavy atom. The molecule has 1 aromatic heterocycles. The largest absolute Gasteiger partial charge is 0.434 e. The second-order valence-corrected chi connectivity index (χ2v) is 3.40. The summed E-state index contributed by atoms with van der Waals surface area (Å²) < 4.78 is 28.5. The number of rotatable bonds is 3. The van der Waals surface area contributed by atoms with Gasteiger partial charge in [-0.15, -0.1) is 0 Å². The number of H-pyrrole nitrogens is 1. The molecule has 0 spiro atoms. The van der Waals surface area contributed by atoms with Gasteiger partial charge in [-0.3, -0.25) is 4.79 Å². The third-order valence-electron chi connectivity index (χ3n) is 2.05. The van der Waals surface area contributed by atoms with Gasteiger partial charge in [0.15, 0.2) is 0 Å². The Kier molecular flexibility index (Phi) is 2.78. The molecule has 2 aromatic rings. The zero-order valence-corrected chi connectivity index (χ0v) is 8.59. The summed E-state index contributed by atoms with van der Waals surface area (Å²) in [7, 11) is 0. The summed E-state index contributed by atoms with van der Waals surface area (Å²) in [5.74, 6) is 0.00733. The first-order chi connectivity index (χ1) is 7.58. The van der Waals surface area contributed by atoms with Gasteiger partial charge in [0, 0.05) is 10.9 Å². The van der Waals surface area contributed by atoms with Gasteiger partial charge in [-0.05, 0) is 29.8 Å². The Bertz CT molecular complexity index is 539. The Morgan fingerprint density at radius 2 is 2.19 bits per heavy atom. The quantitative estimate of drug-likeness (QED) is 0.844. The molecule has 0 aliphatic heterocycles. The first-order valence-electron chi connectivity index (χ1n) is 4.34. The van der Waals surface area contributed by atoms with E-state index < -0.39 is 11.9 Å². The van der Waals surface area contributed by atoms with Gasteiger partial charge in [0.05, 0.1) is 5.69 Å². The van der Waals surface area contributed by atoms with Crippen LogP contribution in [0.3, 0.4) is 0 Å². The van der Waals surface area contributed by atoms with E-state index in [1.54, 1.807) is 12.1 Å². The lowest BCUT2D eigenvalue weighted by Crippen LogP contribution is -2.01. The van der Waals surface area contributed by atoms with Gasteiger partial charge in [0.1, 0.15) is 5.75 Å². The Labute approximate surface area is 94.0 Å². The van der Waals surface area contributed by atoms with E-state index in [0.29, 0.717) is 10.9 Å². The molecule has 16 heavy (non-hydrogen) atoms. The normalized spacial score (nSPS) is 11.0. The van der Waals surface area contributed by atoms with Crippen LogP contribution in [0.2, 0.25) is 0 Å². The molecule has 0 saturated heterocycles. The molecule has 0 unspecified atom stereocenters. The number of aromatic nitrogens is 1. The highest BCUT2D eigenvalue weighted by atomic mass is 35.5. The summed E-state index contributed by atoms with van der Waals surface area (Å²) in [6.45, 7) is -2.91. The van der Waals surface area contributed by atoms with Crippen LogP contribution in [0.5, 0.6) is 5.75 Å². The van der Waals surface area contributed by atoms with Gasteiger partial charge in [0.2, 0.25) is 0 Å². The second-order valence-electron chi connectivity index (χ2n) is 3.05. The molecule has 0 radical (unpaired) electrons. The van der Waals surface area contributed by atoms with Crippen molar-refractivity contribution < 1.29 is 18.3 Å². The molecule has 0 amide bonds. The molecule has 1 heterocycles. The summed E-state index contributed by atoms with van der Waals surface area (Å²) >= 11 is 5.27. The van der Waals surface area contributed by atoms with Crippen molar-refractivity contribution in [3.05, 3.63) is 30.0 Å². The standard InChI is InChI=1S/C10H6ClF2NO2/c11-9(15)7-4-5-6(14-7)2-1-3-8(5)16-10(12)13/h1-4,10,14H. The number of carbonyl (C=O) groups excluding carboxylic acids is 1. The van der Waals surface area contributed by atoms with E-state index in [9.17, 15) is 13.6 Å². The third kappa shape index (κ3) is 1.99. The SMILES string of the molecule is O=C(Cl)c1cc2c(OC(F)F)cccc2[nH]1. The van der Waals surface area contributed by atoms with E-state index >= 15 is 0 Å². The molecule has 84 valence electrons. The number of hydrogen-bond acceptors (Lipinski definition) is 2. The predicted octanol–water partition coefficient (Wildman–Crippen LogP) is 3.15. The van der Waals surface area contributed by atoms with E-state index in [4.69, 9.17) is 11.6 Å². The van der Waals surface area contributed by atoms with Crippen LogP contribution in [-0.2, 0) is 0 Å². The zero-order chi connectivity index (χ0) is 11.7. The Hall–Kier alpha value is -1.62. The third-order valence-corrected chi connectivity index (χ3v) is 2.26. The lowest BCUT2D eigenvalue weighted by atomic mass is 10.2. The van der Waals surface area contributed by atoms with Crippen molar-refractivity contribution in [2.75, 3.05) is 0 Å². The van der Waals surface area contributed by atoms with Crippen LogP contribution in [0.25, 0.3) is 10.9 Å². The number of aromatic amines is 1. The number of carbonyl (C=O) groups is 1. The van der Waals surface area contributed by atoms with Crippen molar-refractivity contribution in [2.45, 2.75) is 6.61 Å². The fourth-order valence-corrected chi connectivity index (χ4v) is 1.53. The molecule has 3 nitrogen and oxygen atoms in total. The van der Waals surface area contributed by atoms with Gasteiger partial charge in [-0.2, -0.15) is 8.78 Å². The monoisotopic (exact) mass is 245 g/mol. The van der Waals surface area contributed by atoms with E-state index in [0.717, 1.165) is 0 Å². The molecule has 0 bridgehead atoms. The minimum atomic E-state index is -2.91. The number of alkyl halides is 2. The summed E-state index contributed by atoms with van der Waals surface area (Å²) in [6, 6.07) is 5.95. The minimum Gasteiger partial charge on any atom is -0.434 e. The molecule has 6 heteroatoms. The van der Waals surface area contributed by atoms with Crippen LogP contribution in [-0.4, -0.2) is 16.8 Å². The number of fused-ring (bicyclic) bond motifs is 1. The van der Waals surface area contributed by atoms with Crippen LogP contribution in [0.15, 0.2) is 24.3 Å². The van der Waals surface area contributed by atoms with Gasteiger partial charge >= 0.3 is 6.61 Å². The van der Waals surface area contributed by atoms with E-state index in [1.807, 2.05) is 0 Å². The predicted molar refractivity (Wildman–Crippen MR) is 55.1 cm³/mol. The Morgan fingerprint density at radius 3 is 2.81 bits per heavy atom. The number of hydrogen-bond donors (Lipinski definition) is 1. The molecule has 1 N–H and O–H groups in total. The first-order valence-corrected chi connectivity index (χ1v) is 4.72. The first kappa shape index (κ1) is 10.9. The maximum atomic E-state index is 12.1. The van der Waals surface area contributed by atoms with Crippen molar-refractivity contribution in [1.29, 1.82) is 0 Å². The number of halogens is 3. The van der Waals surface area contributed by atoms with Crippen molar-refractivity contribution >= 4 is 27.7 Å². The average Bonchev–Trinajstić information content (AvgIpc) is 2.61. The number of ether oxygens (including phenoxy) is 1. The van der Waals surface area contributed by atoms with Gasteiger partial charge in [0.25, 0.3) is 5.24 Å². The highest BCUT2D eigenvalue weighted by Crippen LogP contribution is 2.28. The minimum absolute atomic E-state index is 0.00733. The fourth-order valence-electron chi connectivity index (χ4n) is 1.43. The van der Waals surface area contributed by atoms with Crippen LogP contribution < -0.4 is 4.74 Å². The average molecular weight is 246 g/mol. The molecule has 0 saturated carbocycles. The highest BCUT2D eigenvalue weighted by molar-refractivity contribution is 6.67. The number of nitrogens with one attached hydrogen (secondary N) is 1. The smallest absolute Gasteiger partial charge is 0.387 e. The van der Waals surface area contributed by atoms with E-state index in [-0.39, 0.29) is 11.4 Å². The second kappa shape index (κ2) is 4.09. The fraction of sp³-hybridized carbons (Fsp3) is 0.100. The van der Waals surface area contributed by atoms with Crippen molar-refractivity contribution in [3.63, 3.8) is 0 Å².